The lowest BCUT2D eigenvalue weighted by molar-refractivity contribution is 0.0751. The van der Waals surface area contributed by atoms with Crippen molar-refractivity contribution in [3.05, 3.63) is 11.8 Å². The van der Waals surface area contributed by atoms with Gasteiger partial charge in [-0.3, -0.25) is 4.79 Å². The predicted octanol–water partition coefficient (Wildman–Crippen LogP) is 2.07. The van der Waals surface area contributed by atoms with E-state index in [0.29, 0.717) is 12.4 Å². The van der Waals surface area contributed by atoms with E-state index in [-0.39, 0.29) is 17.7 Å². The molecule has 0 saturated heterocycles. The first kappa shape index (κ1) is 12.7. The second-order valence-electron chi connectivity index (χ2n) is 4.18. The van der Waals surface area contributed by atoms with Gasteiger partial charge in [0.15, 0.2) is 0 Å². The van der Waals surface area contributed by atoms with Gasteiger partial charge >= 0.3 is 11.8 Å². The molecule has 0 bridgehead atoms. The summed E-state index contributed by atoms with van der Waals surface area (Å²) in [6.45, 7) is 6.70. The van der Waals surface area contributed by atoms with Gasteiger partial charge in [-0.1, -0.05) is 27.2 Å². The molecular formula is C11H19N3O2. The summed E-state index contributed by atoms with van der Waals surface area (Å²) in [6, 6.07) is 0. The van der Waals surface area contributed by atoms with Crippen molar-refractivity contribution in [2.75, 3.05) is 13.6 Å². The highest BCUT2D eigenvalue weighted by atomic mass is 16.4. The summed E-state index contributed by atoms with van der Waals surface area (Å²) >= 11 is 0. The molecule has 0 aromatic carbocycles. The second kappa shape index (κ2) is 5.63. The minimum Gasteiger partial charge on any atom is -0.417 e. The van der Waals surface area contributed by atoms with Crippen LogP contribution < -0.4 is 0 Å². The van der Waals surface area contributed by atoms with Gasteiger partial charge in [-0.05, 0) is 6.42 Å². The Kier molecular flexibility index (Phi) is 4.46. The van der Waals surface area contributed by atoms with Gasteiger partial charge in [-0.2, -0.15) is 0 Å². The van der Waals surface area contributed by atoms with E-state index in [1.165, 1.54) is 0 Å². The molecular weight excluding hydrogens is 206 g/mol. The zero-order chi connectivity index (χ0) is 12.1. The van der Waals surface area contributed by atoms with E-state index in [0.717, 1.165) is 12.8 Å². The summed E-state index contributed by atoms with van der Waals surface area (Å²) in [5.74, 6) is 0.539. The highest BCUT2D eigenvalue weighted by Crippen LogP contribution is 2.12. The van der Waals surface area contributed by atoms with Crippen LogP contribution in [0.2, 0.25) is 0 Å². The van der Waals surface area contributed by atoms with Gasteiger partial charge in [0.25, 0.3) is 0 Å². The summed E-state index contributed by atoms with van der Waals surface area (Å²) < 4.78 is 5.29. The molecule has 1 aromatic rings. The van der Waals surface area contributed by atoms with Crippen molar-refractivity contribution in [3.8, 4) is 0 Å². The molecule has 1 heterocycles. The first-order chi connectivity index (χ1) is 7.56. The summed E-state index contributed by atoms with van der Waals surface area (Å²) in [4.78, 5) is 13.4. The standard InChI is InChI=1S/C11H19N3O2/c1-5-6-7-14(4)11(15)10-13-12-9(16-10)8(2)3/h8H,5-7H2,1-4H3. The molecule has 1 aromatic heterocycles. The molecule has 0 aliphatic heterocycles. The van der Waals surface area contributed by atoms with E-state index in [9.17, 15) is 4.79 Å². The Morgan fingerprint density at radius 3 is 2.62 bits per heavy atom. The number of aromatic nitrogens is 2. The van der Waals surface area contributed by atoms with E-state index in [1.807, 2.05) is 13.8 Å². The molecule has 1 rings (SSSR count). The first-order valence-corrected chi connectivity index (χ1v) is 5.65. The highest BCUT2D eigenvalue weighted by Gasteiger charge is 2.19. The largest absolute Gasteiger partial charge is 0.417 e. The third-order valence-corrected chi connectivity index (χ3v) is 2.31. The van der Waals surface area contributed by atoms with E-state index in [1.54, 1.807) is 11.9 Å². The van der Waals surface area contributed by atoms with Crippen LogP contribution in [-0.2, 0) is 0 Å². The minimum absolute atomic E-state index is 0.0855. The van der Waals surface area contributed by atoms with Crippen LogP contribution >= 0.6 is 0 Å². The van der Waals surface area contributed by atoms with Crippen LogP contribution in [-0.4, -0.2) is 34.6 Å². The molecule has 0 saturated carbocycles. The molecule has 90 valence electrons. The predicted molar refractivity (Wildman–Crippen MR) is 60.3 cm³/mol. The summed E-state index contributed by atoms with van der Waals surface area (Å²) in [5, 5.41) is 7.59. The molecule has 0 atom stereocenters. The SMILES string of the molecule is CCCCN(C)C(=O)c1nnc(C(C)C)o1. The molecule has 0 spiro atoms. The van der Waals surface area contributed by atoms with Crippen LogP contribution in [0.5, 0.6) is 0 Å². The minimum atomic E-state index is -0.201. The Morgan fingerprint density at radius 1 is 1.44 bits per heavy atom. The van der Waals surface area contributed by atoms with E-state index < -0.39 is 0 Å². The number of unbranched alkanes of at least 4 members (excludes halogenated alkanes) is 1. The van der Waals surface area contributed by atoms with Crippen molar-refractivity contribution in [2.45, 2.75) is 39.5 Å². The monoisotopic (exact) mass is 225 g/mol. The van der Waals surface area contributed by atoms with Gasteiger partial charge in [-0.15, -0.1) is 10.2 Å². The number of rotatable bonds is 5. The summed E-state index contributed by atoms with van der Waals surface area (Å²) in [7, 11) is 1.75. The van der Waals surface area contributed by atoms with Gasteiger partial charge in [0.1, 0.15) is 0 Å². The quantitative estimate of drug-likeness (QED) is 0.769. The normalized spacial score (nSPS) is 10.8. The van der Waals surface area contributed by atoms with E-state index >= 15 is 0 Å². The zero-order valence-electron chi connectivity index (χ0n) is 10.4. The fourth-order valence-electron chi connectivity index (χ4n) is 1.21. The van der Waals surface area contributed by atoms with Gasteiger partial charge in [0.05, 0.1) is 0 Å². The lowest BCUT2D eigenvalue weighted by atomic mass is 10.2. The van der Waals surface area contributed by atoms with Crippen molar-refractivity contribution in [2.24, 2.45) is 0 Å². The van der Waals surface area contributed by atoms with Crippen molar-refractivity contribution in [3.63, 3.8) is 0 Å². The molecule has 0 aliphatic rings. The Morgan fingerprint density at radius 2 is 2.12 bits per heavy atom. The maximum Gasteiger partial charge on any atom is 0.311 e. The Hall–Kier alpha value is -1.39. The average molecular weight is 225 g/mol. The number of hydrogen-bond acceptors (Lipinski definition) is 4. The smallest absolute Gasteiger partial charge is 0.311 e. The van der Waals surface area contributed by atoms with Crippen molar-refractivity contribution in [1.82, 2.24) is 15.1 Å². The number of carbonyl (C=O) groups excluding carboxylic acids is 1. The van der Waals surface area contributed by atoms with Crippen LogP contribution in [0.25, 0.3) is 0 Å². The number of amides is 1. The first-order valence-electron chi connectivity index (χ1n) is 5.65. The van der Waals surface area contributed by atoms with Gasteiger partial charge < -0.3 is 9.32 Å². The third-order valence-electron chi connectivity index (χ3n) is 2.31. The highest BCUT2D eigenvalue weighted by molar-refractivity contribution is 5.89. The van der Waals surface area contributed by atoms with Crippen molar-refractivity contribution < 1.29 is 9.21 Å². The van der Waals surface area contributed by atoms with Crippen LogP contribution in [0.3, 0.4) is 0 Å². The van der Waals surface area contributed by atoms with Gasteiger partial charge in [0.2, 0.25) is 5.89 Å². The molecule has 5 nitrogen and oxygen atoms in total. The molecule has 1 amide bonds. The van der Waals surface area contributed by atoms with Crippen molar-refractivity contribution >= 4 is 5.91 Å². The number of nitrogens with zero attached hydrogens (tertiary/aromatic N) is 3. The third kappa shape index (κ3) is 3.05. The molecule has 0 aliphatic carbocycles. The molecule has 0 fully saturated rings. The molecule has 0 radical (unpaired) electrons. The van der Waals surface area contributed by atoms with Gasteiger partial charge in [-0.25, -0.2) is 0 Å². The summed E-state index contributed by atoms with van der Waals surface area (Å²) in [5.41, 5.74) is 0. The zero-order valence-corrected chi connectivity index (χ0v) is 10.4. The molecule has 16 heavy (non-hydrogen) atoms. The number of hydrogen-bond donors (Lipinski definition) is 0. The fraction of sp³-hybridized carbons (Fsp3) is 0.727. The Labute approximate surface area is 95.8 Å². The van der Waals surface area contributed by atoms with E-state index in [2.05, 4.69) is 17.1 Å². The lowest BCUT2D eigenvalue weighted by Gasteiger charge is -2.13. The molecule has 5 heteroatoms. The molecule has 0 N–H and O–H groups in total. The second-order valence-corrected chi connectivity index (χ2v) is 4.18. The Bertz CT molecular complexity index is 347. The van der Waals surface area contributed by atoms with Crippen LogP contribution in [0.4, 0.5) is 0 Å². The fourth-order valence-corrected chi connectivity index (χ4v) is 1.21. The van der Waals surface area contributed by atoms with Crippen LogP contribution in [0.15, 0.2) is 4.42 Å². The van der Waals surface area contributed by atoms with Crippen LogP contribution in [0, 0.1) is 0 Å². The lowest BCUT2D eigenvalue weighted by Crippen LogP contribution is -2.27. The van der Waals surface area contributed by atoms with Crippen molar-refractivity contribution in [1.29, 1.82) is 0 Å². The Balaban J connectivity index is 2.65. The van der Waals surface area contributed by atoms with Crippen LogP contribution in [0.1, 0.15) is 56.1 Å². The average Bonchev–Trinajstić information content (AvgIpc) is 2.74. The summed E-state index contributed by atoms with van der Waals surface area (Å²) in [6.07, 6.45) is 2.03. The maximum absolute atomic E-state index is 11.8. The van der Waals surface area contributed by atoms with E-state index in [4.69, 9.17) is 4.42 Å². The topological polar surface area (TPSA) is 59.2 Å². The van der Waals surface area contributed by atoms with Gasteiger partial charge in [0, 0.05) is 19.5 Å². The maximum atomic E-state index is 11.8. The molecule has 0 unspecified atom stereocenters. The number of carbonyl (C=O) groups is 1.